The fourth-order valence-electron chi connectivity index (χ4n) is 1.52. The molecule has 0 fully saturated rings. The van der Waals surface area contributed by atoms with Crippen LogP contribution in [0.4, 0.5) is 13.2 Å². The number of benzene rings is 1. The molecule has 100 valence electrons. The molecule has 1 rings (SSSR count). The third-order valence-electron chi connectivity index (χ3n) is 2.38. The molecule has 3 nitrogen and oxygen atoms in total. The van der Waals surface area contributed by atoms with Crippen molar-refractivity contribution in [2.75, 3.05) is 13.1 Å². The number of hydrogen-bond acceptors (Lipinski definition) is 2. The fraction of sp³-hybridized carbons (Fsp3) is 0.417. The van der Waals surface area contributed by atoms with E-state index in [1.54, 1.807) is 0 Å². The van der Waals surface area contributed by atoms with Crippen molar-refractivity contribution in [1.82, 2.24) is 5.32 Å². The summed E-state index contributed by atoms with van der Waals surface area (Å²) in [5.41, 5.74) is 4.47. The van der Waals surface area contributed by atoms with E-state index in [1.807, 2.05) is 0 Å². The van der Waals surface area contributed by atoms with Gasteiger partial charge in [0.05, 0.1) is 12.0 Å². The van der Waals surface area contributed by atoms with Crippen LogP contribution in [0, 0.1) is 0 Å². The lowest BCUT2D eigenvalue weighted by Gasteiger charge is -2.12. The first-order valence-corrected chi connectivity index (χ1v) is 5.57. The standard InChI is InChI=1S/C12H15F3N2O/c13-12(14,15)10-5-2-1-4-9(10)8-11(18)17-7-3-6-16/h1-2,4-5H,3,6-8,16H2,(H,17,18). The van der Waals surface area contributed by atoms with Crippen LogP contribution in [-0.2, 0) is 17.4 Å². The first-order chi connectivity index (χ1) is 8.45. The zero-order chi connectivity index (χ0) is 13.6. The van der Waals surface area contributed by atoms with E-state index in [0.29, 0.717) is 19.5 Å². The molecule has 18 heavy (non-hydrogen) atoms. The van der Waals surface area contributed by atoms with Crippen molar-refractivity contribution in [1.29, 1.82) is 0 Å². The topological polar surface area (TPSA) is 55.1 Å². The lowest BCUT2D eigenvalue weighted by molar-refractivity contribution is -0.138. The lowest BCUT2D eigenvalue weighted by Crippen LogP contribution is -2.28. The lowest BCUT2D eigenvalue weighted by atomic mass is 10.0. The van der Waals surface area contributed by atoms with Crippen molar-refractivity contribution in [2.24, 2.45) is 5.73 Å². The zero-order valence-corrected chi connectivity index (χ0v) is 9.76. The Hall–Kier alpha value is -1.56. The van der Waals surface area contributed by atoms with Gasteiger partial charge in [0, 0.05) is 6.54 Å². The van der Waals surface area contributed by atoms with Crippen LogP contribution in [-0.4, -0.2) is 19.0 Å². The number of amides is 1. The summed E-state index contributed by atoms with van der Waals surface area (Å²) in [6, 6.07) is 5.07. The van der Waals surface area contributed by atoms with Gasteiger partial charge < -0.3 is 11.1 Å². The molecular weight excluding hydrogens is 245 g/mol. The van der Waals surface area contributed by atoms with Crippen molar-refractivity contribution < 1.29 is 18.0 Å². The first-order valence-electron chi connectivity index (χ1n) is 5.57. The molecule has 1 aromatic carbocycles. The minimum atomic E-state index is -4.44. The molecule has 0 atom stereocenters. The molecule has 1 aromatic rings. The van der Waals surface area contributed by atoms with E-state index in [0.717, 1.165) is 6.07 Å². The van der Waals surface area contributed by atoms with Crippen molar-refractivity contribution in [3.05, 3.63) is 35.4 Å². The van der Waals surface area contributed by atoms with Crippen LogP contribution in [0.1, 0.15) is 17.5 Å². The van der Waals surface area contributed by atoms with Crippen molar-refractivity contribution >= 4 is 5.91 Å². The van der Waals surface area contributed by atoms with Gasteiger partial charge in [0.25, 0.3) is 0 Å². The summed E-state index contributed by atoms with van der Waals surface area (Å²) < 4.78 is 38.0. The van der Waals surface area contributed by atoms with Crippen LogP contribution in [0.15, 0.2) is 24.3 Å². The Bertz CT molecular complexity index is 405. The highest BCUT2D eigenvalue weighted by Gasteiger charge is 2.33. The summed E-state index contributed by atoms with van der Waals surface area (Å²) in [4.78, 5) is 11.4. The number of hydrogen-bond donors (Lipinski definition) is 2. The van der Waals surface area contributed by atoms with Crippen molar-refractivity contribution in [2.45, 2.75) is 19.0 Å². The maximum Gasteiger partial charge on any atom is 0.416 e. The smallest absolute Gasteiger partial charge is 0.356 e. The second kappa shape index (κ2) is 6.39. The van der Waals surface area contributed by atoms with Gasteiger partial charge >= 0.3 is 6.18 Å². The van der Waals surface area contributed by atoms with Gasteiger partial charge in [0.1, 0.15) is 0 Å². The van der Waals surface area contributed by atoms with Gasteiger partial charge in [-0.15, -0.1) is 0 Å². The molecule has 3 N–H and O–H groups in total. The molecule has 0 aliphatic rings. The highest BCUT2D eigenvalue weighted by Crippen LogP contribution is 2.31. The largest absolute Gasteiger partial charge is 0.416 e. The summed E-state index contributed by atoms with van der Waals surface area (Å²) in [5.74, 6) is -0.430. The normalized spacial score (nSPS) is 11.3. The summed E-state index contributed by atoms with van der Waals surface area (Å²) in [5, 5.41) is 2.52. The quantitative estimate of drug-likeness (QED) is 0.792. The number of carbonyl (C=O) groups excluding carboxylic acids is 1. The molecule has 0 heterocycles. The van der Waals surface area contributed by atoms with Gasteiger partial charge in [0.2, 0.25) is 5.91 Å². The average molecular weight is 260 g/mol. The molecule has 0 saturated heterocycles. The van der Waals surface area contributed by atoms with E-state index < -0.39 is 17.6 Å². The predicted molar refractivity (Wildman–Crippen MR) is 61.8 cm³/mol. The number of nitrogens with two attached hydrogens (primary N) is 1. The minimum Gasteiger partial charge on any atom is -0.356 e. The van der Waals surface area contributed by atoms with Crippen LogP contribution in [0.5, 0.6) is 0 Å². The second-order valence-corrected chi connectivity index (χ2v) is 3.82. The highest BCUT2D eigenvalue weighted by molar-refractivity contribution is 5.78. The Morgan fingerprint density at radius 1 is 1.28 bits per heavy atom. The number of rotatable bonds is 5. The fourth-order valence-corrected chi connectivity index (χ4v) is 1.52. The molecule has 0 aromatic heterocycles. The molecule has 0 radical (unpaired) electrons. The van der Waals surface area contributed by atoms with Gasteiger partial charge in [0.15, 0.2) is 0 Å². The molecule has 0 aliphatic heterocycles. The SMILES string of the molecule is NCCCNC(=O)Cc1ccccc1C(F)(F)F. The van der Waals surface area contributed by atoms with E-state index in [2.05, 4.69) is 5.32 Å². The van der Waals surface area contributed by atoms with Crippen LogP contribution >= 0.6 is 0 Å². The Labute approximate surface area is 103 Å². The average Bonchev–Trinajstić information content (AvgIpc) is 2.28. The van der Waals surface area contributed by atoms with Crippen LogP contribution in [0.2, 0.25) is 0 Å². The summed E-state index contributed by atoms with van der Waals surface area (Å²) in [6.07, 6.45) is -4.11. The Balaban J connectivity index is 2.70. The number of nitrogens with one attached hydrogen (secondary N) is 1. The molecule has 0 aliphatic carbocycles. The van der Waals surface area contributed by atoms with Gasteiger partial charge in [-0.2, -0.15) is 13.2 Å². The van der Waals surface area contributed by atoms with Crippen molar-refractivity contribution in [3.63, 3.8) is 0 Å². The second-order valence-electron chi connectivity index (χ2n) is 3.82. The van der Waals surface area contributed by atoms with Crippen LogP contribution in [0.25, 0.3) is 0 Å². The van der Waals surface area contributed by atoms with E-state index in [4.69, 9.17) is 5.73 Å². The van der Waals surface area contributed by atoms with Gasteiger partial charge in [-0.3, -0.25) is 4.79 Å². The van der Waals surface area contributed by atoms with E-state index >= 15 is 0 Å². The maximum absolute atomic E-state index is 12.7. The molecule has 6 heteroatoms. The van der Waals surface area contributed by atoms with Crippen molar-refractivity contribution in [3.8, 4) is 0 Å². The number of halogens is 3. The molecule has 0 bridgehead atoms. The minimum absolute atomic E-state index is 0.0183. The predicted octanol–water partition coefficient (Wildman–Crippen LogP) is 1.71. The Morgan fingerprint density at radius 3 is 2.56 bits per heavy atom. The molecule has 0 spiro atoms. The van der Waals surface area contributed by atoms with Gasteiger partial charge in [-0.25, -0.2) is 0 Å². The molecule has 0 saturated carbocycles. The van der Waals surface area contributed by atoms with Gasteiger partial charge in [-0.05, 0) is 24.6 Å². The third-order valence-corrected chi connectivity index (χ3v) is 2.38. The maximum atomic E-state index is 12.7. The van der Waals surface area contributed by atoms with Crippen LogP contribution < -0.4 is 11.1 Å². The van der Waals surface area contributed by atoms with E-state index in [9.17, 15) is 18.0 Å². The summed E-state index contributed by atoms with van der Waals surface area (Å²) >= 11 is 0. The molecule has 0 unspecified atom stereocenters. The molecular formula is C12H15F3N2O. The Kier molecular flexibility index (Phi) is 5.15. The Morgan fingerprint density at radius 2 is 1.94 bits per heavy atom. The zero-order valence-electron chi connectivity index (χ0n) is 9.76. The van der Waals surface area contributed by atoms with Gasteiger partial charge in [-0.1, -0.05) is 18.2 Å². The van der Waals surface area contributed by atoms with Crippen LogP contribution in [0.3, 0.4) is 0 Å². The monoisotopic (exact) mass is 260 g/mol. The number of carbonyl (C=O) groups is 1. The van der Waals surface area contributed by atoms with E-state index in [-0.39, 0.29) is 12.0 Å². The number of alkyl halides is 3. The third kappa shape index (κ3) is 4.37. The highest BCUT2D eigenvalue weighted by atomic mass is 19.4. The summed E-state index contributed by atoms with van der Waals surface area (Å²) in [6.45, 7) is 0.808. The summed E-state index contributed by atoms with van der Waals surface area (Å²) in [7, 11) is 0. The van der Waals surface area contributed by atoms with E-state index in [1.165, 1.54) is 18.2 Å². The first kappa shape index (κ1) is 14.5. The molecule has 1 amide bonds.